The summed E-state index contributed by atoms with van der Waals surface area (Å²) in [7, 11) is 5.15. The summed E-state index contributed by atoms with van der Waals surface area (Å²) in [5, 5.41) is 0. The lowest BCUT2D eigenvalue weighted by atomic mass is 9.67. The second-order valence-electron chi connectivity index (χ2n) is 11.4. The molecule has 0 bridgehead atoms. The van der Waals surface area contributed by atoms with E-state index in [0.29, 0.717) is 12.5 Å². The number of urea groups is 1. The van der Waals surface area contributed by atoms with Crippen LogP contribution in [0.2, 0.25) is 0 Å². The number of hydrogen-bond acceptors (Lipinski definition) is 5. The van der Waals surface area contributed by atoms with Gasteiger partial charge in [0.2, 0.25) is 0 Å². The number of hydrogen-bond donors (Lipinski definition) is 0. The van der Waals surface area contributed by atoms with Crippen LogP contribution in [0.25, 0.3) is 0 Å². The molecule has 1 saturated heterocycles. The summed E-state index contributed by atoms with van der Waals surface area (Å²) in [4.78, 5) is 32.6. The molecule has 2 aliphatic carbocycles. The molecule has 2 aromatic rings. The van der Waals surface area contributed by atoms with Crippen LogP contribution in [0.1, 0.15) is 56.1 Å². The van der Waals surface area contributed by atoms with Crippen LogP contribution in [0.4, 0.5) is 4.79 Å². The predicted octanol–water partition coefficient (Wildman–Crippen LogP) is 5.05. The molecule has 2 amide bonds. The van der Waals surface area contributed by atoms with Crippen LogP contribution in [-0.2, 0) is 21.6 Å². The molecule has 3 aliphatic rings. The molecule has 0 aromatic heterocycles. The third-order valence-electron chi connectivity index (χ3n) is 9.40. The van der Waals surface area contributed by atoms with E-state index in [2.05, 4.69) is 46.2 Å². The van der Waals surface area contributed by atoms with Crippen molar-refractivity contribution in [3.8, 4) is 5.75 Å². The number of rotatable bonds is 9. The zero-order valence-corrected chi connectivity index (χ0v) is 23.0. The topological polar surface area (TPSA) is 62.3 Å². The number of benzene rings is 2. The van der Waals surface area contributed by atoms with Crippen molar-refractivity contribution in [1.29, 1.82) is 0 Å². The van der Waals surface area contributed by atoms with Gasteiger partial charge in [-0.25, -0.2) is 4.79 Å². The van der Waals surface area contributed by atoms with Crippen molar-refractivity contribution in [2.24, 2.45) is 5.92 Å². The summed E-state index contributed by atoms with van der Waals surface area (Å²) in [5.41, 5.74) is 1.90. The predicted molar refractivity (Wildman–Crippen MR) is 147 cm³/mol. The van der Waals surface area contributed by atoms with Crippen LogP contribution in [0, 0.1) is 5.92 Å². The monoisotopic (exact) mass is 519 g/mol. The first-order chi connectivity index (χ1) is 18.4. The van der Waals surface area contributed by atoms with Gasteiger partial charge >= 0.3 is 12.0 Å². The Balaban J connectivity index is 1.40. The van der Waals surface area contributed by atoms with Crippen molar-refractivity contribution in [2.45, 2.75) is 62.6 Å². The highest BCUT2D eigenvalue weighted by Gasteiger charge is 2.55. The highest BCUT2D eigenvalue weighted by molar-refractivity contribution is 5.78. The van der Waals surface area contributed by atoms with Crippen LogP contribution in [0.3, 0.4) is 0 Å². The van der Waals surface area contributed by atoms with Gasteiger partial charge in [-0.2, -0.15) is 0 Å². The molecule has 5 rings (SSSR count). The quantitative estimate of drug-likeness (QED) is 0.434. The lowest BCUT2D eigenvalue weighted by Crippen LogP contribution is -2.57. The molecule has 3 fully saturated rings. The highest BCUT2D eigenvalue weighted by atomic mass is 16.5. The molecule has 2 aromatic carbocycles. The van der Waals surface area contributed by atoms with Gasteiger partial charge < -0.3 is 19.3 Å². The van der Waals surface area contributed by atoms with E-state index in [9.17, 15) is 9.59 Å². The standard InChI is InChI=1S/C31H41N3O4/c1-32(22-28(35)38-3)31(26-10-5-4-6-11-26)18-16-30(17-19-31)23-33(20-25-12-14-27(37-2)15-13-25)29(36)34(30)21-24-8-7-9-24/h4-6,10-15,24H,7-9,16-23H2,1-3H3. The van der Waals surface area contributed by atoms with Gasteiger partial charge in [0, 0.05) is 25.2 Å². The molecule has 2 saturated carbocycles. The van der Waals surface area contributed by atoms with Crippen molar-refractivity contribution in [1.82, 2.24) is 14.7 Å². The molecule has 1 heterocycles. The zero-order valence-electron chi connectivity index (χ0n) is 23.0. The van der Waals surface area contributed by atoms with E-state index in [1.165, 1.54) is 31.9 Å². The van der Waals surface area contributed by atoms with E-state index in [4.69, 9.17) is 9.47 Å². The molecule has 7 heteroatoms. The molecular formula is C31H41N3O4. The Bertz CT molecular complexity index is 1110. The Labute approximate surface area is 226 Å². The maximum Gasteiger partial charge on any atom is 0.320 e. The van der Waals surface area contributed by atoms with Gasteiger partial charge in [-0.15, -0.1) is 0 Å². The van der Waals surface area contributed by atoms with Gasteiger partial charge in [0.1, 0.15) is 5.75 Å². The van der Waals surface area contributed by atoms with Crippen molar-refractivity contribution in [3.05, 3.63) is 65.7 Å². The van der Waals surface area contributed by atoms with Crippen molar-refractivity contribution in [2.75, 3.05) is 40.9 Å². The Morgan fingerprint density at radius 1 is 1.00 bits per heavy atom. The minimum absolute atomic E-state index is 0.169. The van der Waals surface area contributed by atoms with Crippen molar-refractivity contribution >= 4 is 12.0 Å². The first-order valence-corrected chi connectivity index (χ1v) is 13.9. The number of esters is 1. The number of carbonyl (C=O) groups is 2. The number of methoxy groups -OCH3 is 2. The van der Waals surface area contributed by atoms with E-state index in [1.807, 2.05) is 30.1 Å². The van der Waals surface area contributed by atoms with E-state index in [0.717, 1.165) is 50.1 Å². The summed E-state index contributed by atoms with van der Waals surface area (Å²) in [6, 6.07) is 18.7. The van der Waals surface area contributed by atoms with Gasteiger partial charge in [-0.05, 0) is 74.8 Å². The Hall–Kier alpha value is -3.06. The fraction of sp³-hybridized carbons (Fsp3) is 0.548. The van der Waals surface area contributed by atoms with Crippen LogP contribution < -0.4 is 4.74 Å². The maximum atomic E-state index is 13.9. The van der Waals surface area contributed by atoms with Crippen LogP contribution in [0.5, 0.6) is 5.75 Å². The Morgan fingerprint density at radius 2 is 1.68 bits per heavy atom. The molecule has 7 nitrogen and oxygen atoms in total. The fourth-order valence-electron chi connectivity index (χ4n) is 6.77. The van der Waals surface area contributed by atoms with E-state index in [-0.39, 0.29) is 29.6 Å². The maximum absolute atomic E-state index is 13.9. The van der Waals surface area contributed by atoms with Gasteiger partial charge in [-0.3, -0.25) is 9.69 Å². The van der Waals surface area contributed by atoms with E-state index < -0.39 is 0 Å². The normalized spacial score (nSPS) is 25.6. The average molecular weight is 520 g/mol. The smallest absolute Gasteiger partial charge is 0.320 e. The third-order valence-corrected chi connectivity index (χ3v) is 9.40. The molecule has 38 heavy (non-hydrogen) atoms. The first-order valence-electron chi connectivity index (χ1n) is 13.9. The van der Waals surface area contributed by atoms with Crippen LogP contribution >= 0.6 is 0 Å². The SMILES string of the molecule is COC(=O)CN(C)C1(c2ccccc2)CCC2(CC1)CN(Cc1ccc(OC)cc1)C(=O)N2CC1CCC1. The zero-order chi connectivity index (χ0) is 26.8. The largest absolute Gasteiger partial charge is 0.497 e. The molecule has 0 unspecified atom stereocenters. The fourth-order valence-corrected chi connectivity index (χ4v) is 6.77. The van der Waals surface area contributed by atoms with Gasteiger partial charge in [0.15, 0.2) is 0 Å². The summed E-state index contributed by atoms with van der Waals surface area (Å²) < 4.78 is 10.3. The number of likely N-dealkylation sites (N-methyl/N-ethyl adjacent to an activating group) is 1. The Morgan fingerprint density at radius 3 is 2.26 bits per heavy atom. The third kappa shape index (κ3) is 5.00. The van der Waals surface area contributed by atoms with Crippen LogP contribution in [0.15, 0.2) is 54.6 Å². The van der Waals surface area contributed by atoms with Gasteiger partial charge in [0.05, 0.1) is 26.3 Å². The molecule has 1 aliphatic heterocycles. The minimum Gasteiger partial charge on any atom is -0.497 e. The summed E-state index contributed by atoms with van der Waals surface area (Å²) in [5.74, 6) is 1.21. The van der Waals surface area contributed by atoms with Gasteiger partial charge in [0.25, 0.3) is 0 Å². The molecular weight excluding hydrogens is 478 g/mol. The van der Waals surface area contributed by atoms with Crippen molar-refractivity contribution in [3.63, 3.8) is 0 Å². The lowest BCUT2D eigenvalue weighted by Gasteiger charge is -2.52. The second kappa shape index (κ2) is 11.0. The first kappa shape index (κ1) is 26.5. The van der Waals surface area contributed by atoms with E-state index >= 15 is 0 Å². The number of nitrogens with zero attached hydrogens (tertiary/aromatic N) is 3. The molecule has 1 spiro atoms. The summed E-state index contributed by atoms with van der Waals surface area (Å²) >= 11 is 0. The summed E-state index contributed by atoms with van der Waals surface area (Å²) in [6.07, 6.45) is 7.29. The highest BCUT2D eigenvalue weighted by Crippen LogP contribution is 2.50. The average Bonchev–Trinajstić information content (AvgIpc) is 3.17. The lowest BCUT2D eigenvalue weighted by molar-refractivity contribution is -0.144. The van der Waals surface area contributed by atoms with Gasteiger partial charge in [-0.1, -0.05) is 48.9 Å². The molecule has 0 radical (unpaired) electrons. The van der Waals surface area contributed by atoms with E-state index in [1.54, 1.807) is 7.11 Å². The minimum atomic E-state index is -0.269. The molecule has 0 N–H and O–H groups in total. The number of amides is 2. The summed E-state index contributed by atoms with van der Waals surface area (Å²) in [6.45, 7) is 2.45. The molecule has 204 valence electrons. The Kier molecular flexibility index (Phi) is 7.66. The van der Waals surface area contributed by atoms with Crippen molar-refractivity contribution < 1.29 is 19.1 Å². The molecule has 0 atom stereocenters. The second-order valence-corrected chi connectivity index (χ2v) is 11.4. The number of carbonyl (C=O) groups excluding carboxylic acids is 2. The van der Waals surface area contributed by atoms with Crippen LogP contribution in [-0.4, -0.2) is 73.1 Å². The number of ether oxygens (including phenoxy) is 2.